The number of ether oxygens (including phenoxy) is 2. The standard InChI is InChI=1S/C21H24N2O4/c1-14-5-9-19(13-15(14)2)27-16(3)21(25)23-22-20(24)12-8-17-6-10-18(26-4)11-7-17/h5-13,16H,1-4H3,(H,22,24)(H,23,25)/b12-8+. The molecule has 1 unspecified atom stereocenters. The highest BCUT2D eigenvalue weighted by Crippen LogP contribution is 2.17. The van der Waals surface area contributed by atoms with Crippen LogP contribution in [0, 0.1) is 13.8 Å². The van der Waals surface area contributed by atoms with Crippen LogP contribution in [0.15, 0.2) is 48.5 Å². The number of methoxy groups -OCH3 is 1. The normalized spacial score (nSPS) is 11.7. The van der Waals surface area contributed by atoms with Crippen molar-refractivity contribution >= 4 is 17.9 Å². The monoisotopic (exact) mass is 368 g/mol. The Kier molecular flexibility index (Phi) is 7.00. The van der Waals surface area contributed by atoms with Crippen molar-refractivity contribution in [3.8, 4) is 11.5 Å². The minimum absolute atomic E-state index is 0.445. The Bertz CT molecular complexity index is 829. The molecule has 0 spiro atoms. The number of amides is 2. The van der Waals surface area contributed by atoms with Gasteiger partial charge < -0.3 is 9.47 Å². The van der Waals surface area contributed by atoms with Crippen LogP contribution in [-0.2, 0) is 9.59 Å². The van der Waals surface area contributed by atoms with Crippen molar-refractivity contribution in [2.75, 3.05) is 7.11 Å². The molecule has 27 heavy (non-hydrogen) atoms. The minimum Gasteiger partial charge on any atom is -0.497 e. The molecule has 2 aromatic carbocycles. The summed E-state index contributed by atoms with van der Waals surface area (Å²) < 4.78 is 10.7. The Morgan fingerprint density at radius 3 is 2.26 bits per heavy atom. The van der Waals surface area contributed by atoms with E-state index in [1.54, 1.807) is 32.2 Å². The van der Waals surface area contributed by atoms with Gasteiger partial charge in [-0.25, -0.2) is 0 Å². The van der Waals surface area contributed by atoms with E-state index in [0.717, 1.165) is 22.4 Å². The number of carbonyl (C=O) groups excluding carboxylic acids is 2. The van der Waals surface area contributed by atoms with Gasteiger partial charge in [0.2, 0.25) is 0 Å². The fourth-order valence-electron chi connectivity index (χ4n) is 2.20. The summed E-state index contributed by atoms with van der Waals surface area (Å²) in [6.07, 6.45) is 2.21. The predicted octanol–water partition coefficient (Wildman–Crippen LogP) is 2.94. The molecule has 0 fully saturated rings. The van der Waals surface area contributed by atoms with Crippen molar-refractivity contribution in [1.29, 1.82) is 0 Å². The van der Waals surface area contributed by atoms with Gasteiger partial charge in [0.05, 0.1) is 7.11 Å². The van der Waals surface area contributed by atoms with Crippen LogP contribution in [0.5, 0.6) is 11.5 Å². The molecule has 2 rings (SSSR count). The van der Waals surface area contributed by atoms with Gasteiger partial charge in [-0.3, -0.25) is 20.4 Å². The number of aryl methyl sites for hydroxylation is 2. The fraction of sp³-hybridized carbons (Fsp3) is 0.238. The van der Waals surface area contributed by atoms with Crippen LogP contribution in [-0.4, -0.2) is 25.0 Å². The first kappa shape index (κ1) is 20.0. The molecule has 0 radical (unpaired) electrons. The summed E-state index contributed by atoms with van der Waals surface area (Å²) in [5.41, 5.74) is 7.75. The largest absolute Gasteiger partial charge is 0.497 e. The molecule has 0 bridgehead atoms. The maximum atomic E-state index is 12.1. The zero-order valence-electron chi connectivity index (χ0n) is 15.9. The molecule has 0 aliphatic rings. The van der Waals surface area contributed by atoms with Crippen molar-refractivity contribution < 1.29 is 19.1 Å². The van der Waals surface area contributed by atoms with E-state index in [-0.39, 0.29) is 0 Å². The number of carbonyl (C=O) groups is 2. The van der Waals surface area contributed by atoms with Crippen molar-refractivity contribution in [2.45, 2.75) is 26.9 Å². The molecule has 2 N–H and O–H groups in total. The van der Waals surface area contributed by atoms with Crippen LogP contribution < -0.4 is 20.3 Å². The van der Waals surface area contributed by atoms with Gasteiger partial charge in [-0.15, -0.1) is 0 Å². The van der Waals surface area contributed by atoms with Gasteiger partial charge in [0.1, 0.15) is 11.5 Å². The first-order valence-corrected chi connectivity index (χ1v) is 8.55. The topological polar surface area (TPSA) is 76.7 Å². The molecule has 0 aromatic heterocycles. The molecule has 0 saturated heterocycles. The Balaban J connectivity index is 1.81. The molecule has 6 heteroatoms. The summed E-state index contributed by atoms with van der Waals surface area (Å²) in [7, 11) is 1.59. The highest BCUT2D eigenvalue weighted by molar-refractivity contribution is 5.93. The van der Waals surface area contributed by atoms with Gasteiger partial charge >= 0.3 is 0 Å². The molecule has 2 amide bonds. The lowest BCUT2D eigenvalue weighted by Gasteiger charge is -2.15. The summed E-state index contributed by atoms with van der Waals surface area (Å²) in [4.78, 5) is 23.9. The average molecular weight is 368 g/mol. The van der Waals surface area contributed by atoms with Gasteiger partial charge in [0.15, 0.2) is 6.10 Å². The maximum absolute atomic E-state index is 12.1. The average Bonchev–Trinajstić information content (AvgIpc) is 2.67. The van der Waals surface area contributed by atoms with Crippen LogP contribution in [0.25, 0.3) is 6.08 Å². The zero-order chi connectivity index (χ0) is 19.8. The van der Waals surface area contributed by atoms with E-state index < -0.39 is 17.9 Å². The van der Waals surface area contributed by atoms with E-state index in [9.17, 15) is 9.59 Å². The number of hydrogen-bond acceptors (Lipinski definition) is 4. The summed E-state index contributed by atoms with van der Waals surface area (Å²) in [5, 5.41) is 0. The third kappa shape index (κ3) is 6.18. The molecule has 0 heterocycles. The summed E-state index contributed by atoms with van der Waals surface area (Å²) in [5.74, 6) is 0.449. The van der Waals surface area contributed by atoms with E-state index in [2.05, 4.69) is 10.9 Å². The summed E-state index contributed by atoms with van der Waals surface area (Å²) in [6.45, 7) is 5.59. The molecule has 0 saturated carbocycles. The lowest BCUT2D eigenvalue weighted by molar-refractivity contribution is -0.131. The van der Waals surface area contributed by atoms with Crippen LogP contribution in [0.2, 0.25) is 0 Å². The summed E-state index contributed by atoms with van der Waals surface area (Å²) >= 11 is 0. The van der Waals surface area contributed by atoms with Crippen LogP contribution in [0.1, 0.15) is 23.6 Å². The van der Waals surface area contributed by atoms with Gasteiger partial charge in [0, 0.05) is 6.08 Å². The second-order valence-corrected chi connectivity index (χ2v) is 6.09. The highest BCUT2D eigenvalue weighted by atomic mass is 16.5. The van der Waals surface area contributed by atoms with Gasteiger partial charge in [-0.05, 0) is 67.8 Å². The fourth-order valence-corrected chi connectivity index (χ4v) is 2.20. The number of hydrogen-bond donors (Lipinski definition) is 2. The predicted molar refractivity (Wildman–Crippen MR) is 104 cm³/mol. The number of rotatable bonds is 6. The van der Waals surface area contributed by atoms with E-state index in [0.29, 0.717) is 5.75 Å². The Morgan fingerprint density at radius 2 is 1.63 bits per heavy atom. The third-order valence-corrected chi connectivity index (χ3v) is 4.01. The highest BCUT2D eigenvalue weighted by Gasteiger charge is 2.15. The second kappa shape index (κ2) is 9.43. The smallest absolute Gasteiger partial charge is 0.279 e. The molecule has 2 aromatic rings. The van der Waals surface area contributed by atoms with Crippen molar-refractivity contribution in [3.63, 3.8) is 0 Å². The van der Waals surface area contributed by atoms with E-state index in [1.165, 1.54) is 6.08 Å². The summed E-state index contributed by atoms with van der Waals surface area (Å²) in [6, 6.07) is 12.8. The van der Waals surface area contributed by atoms with Gasteiger partial charge in [-0.1, -0.05) is 18.2 Å². The molecule has 6 nitrogen and oxygen atoms in total. The number of hydrazine groups is 1. The first-order chi connectivity index (χ1) is 12.9. The molecule has 142 valence electrons. The third-order valence-electron chi connectivity index (χ3n) is 4.01. The van der Waals surface area contributed by atoms with Crippen molar-refractivity contribution in [3.05, 3.63) is 65.2 Å². The molecular formula is C21H24N2O4. The number of benzene rings is 2. The van der Waals surface area contributed by atoms with E-state index >= 15 is 0 Å². The van der Waals surface area contributed by atoms with Crippen LogP contribution in [0.4, 0.5) is 0 Å². The van der Waals surface area contributed by atoms with Gasteiger partial charge in [-0.2, -0.15) is 0 Å². The maximum Gasteiger partial charge on any atom is 0.279 e. The molecule has 0 aliphatic carbocycles. The van der Waals surface area contributed by atoms with Crippen molar-refractivity contribution in [2.24, 2.45) is 0 Å². The molecule has 1 atom stereocenters. The van der Waals surface area contributed by atoms with Gasteiger partial charge in [0.25, 0.3) is 11.8 Å². The van der Waals surface area contributed by atoms with E-state index in [4.69, 9.17) is 9.47 Å². The van der Waals surface area contributed by atoms with E-state index in [1.807, 2.05) is 44.2 Å². The zero-order valence-corrected chi connectivity index (χ0v) is 15.9. The lowest BCUT2D eigenvalue weighted by atomic mass is 10.1. The SMILES string of the molecule is COc1ccc(/C=C/C(=O)NNC(=O)C(C)Oc2ccc(C)c(C)c2)cc1. The Morgan fingerprint density at radius 1 is 0.963 bits per heavy atom. The first-order valence-electron chi connectivity index (χ1n) is 8.55. The Hall–Kier alpha value is -3.28. The molecular weight excluding hydrogens is 344 g/mol. The van der Waals surface area contributed by atoms with Crippen LogP contribution in [0.3, 0.4) is 0 Å². The minimum atomic E-state index is -0.752. The quantitative estimate of drug-likeness (QED) is 0.607. The molecule has 0 aliphatic heterocycles. The lowest BCUT2D eigenvalue weighted by Crippen LogP contribution is -2.46. The number of nitrogens with one attached hydrogen (secondary N) is 2. The van der Waals surface area contributed by atoms with Crippen LogP contribution >= 0.6 is 0 Å². The second-order valence-electron chi connectivity index (χ2n) is 6.09. The Labute approximate surface area is 159 Å². The van der Waals surface area contributed by atoms with Crippen molar-refractivity contribution in [1.82, 2.24) is 10.9 Å².